The van der Waals surface area contributed by atoms with Crippen LogP contribution in [0.1, 0.15) is 226 Å². The van der Waals surface area contributed by atoms with Crippen LogP contribution in [0.2, 0.25) is 0 Å². The molecule has 0 rings (SSSR count). The number of hydrogen-bond acceptors (Lipinski definition) is 6. The van der Waals surface area contributed by atoms with Crippen molar-refractivity contribution < 1.29 is 28.6 Å². The fourth-order valence-electron chi connectivity index (χ4n) is 6.34. The van der Waals surface area contributed by atoms with Crippen LogP contribution in [-0.2, 0) is 28.6 Å². The van der Waals surface area contributed by atoms with Gasteiger partial charge in [-0.3, -0.25) is 14.4 Å². The minimum Gasteiger partial charge on any atom is -0.462 e. The van der Waals surface area contributed by atoms with Gasteiger partial charge in [0.2, 0.25) is 0 Å². The Kier molecular flexibility index (Phi) is 42.0. The zero-order chi connectivity index (χ0) is 40.1. The third-order valence-corrected chi connectivity index (χ3v) is 9.80. The van der Waals surface area contributed by atoms with Crippen LogP contribution in [-0.4, -0.2) is 37.2 Å². The maximum absolute atomic E-state index is 12.7. The Labute approximate surface area is 339 Å². The summed E-state index contributed by atoms with van der Waals surface area (Å²) < 4.78 is 16.7. The molecule has 0 bridgehead atoms. The number of hydrogen-bond donors (Lipinski definition) is 0. The van der Waals surface area contributed by atoms with E-state index in [0.29, 0.717) is 19.3 Å². The van der Waals surface area contributed by atoms with Gasteiger partial charge in [-0.25, -0.2) is 0 Å². The fraction of sp³-hybridized carbons (Fsp3) is 0.776. The number of carbonyl (C=O) groups is 3. The van der Waals surface area contributed by atoms with E-state index in [1.165, 1.54) is 77.0 Å². The summed E-state index contributed by atoms with van der Waals surface area (Å²) in [5.74, 6) is -0.908. The number of esters is 3. The minimum absolute atomic E-state index is 0.0819. The highest BCUT2D eigenvalue weighted by Gasteiger charge is 2.19. The predicted octanol–water partition coefficient (Wildman–Crippen LogP) is 14.8. The topological polar surface area (TPSA) is 78.9 Å². The van der Waals surface area contributed by atoms with Gasteiger partial charge in [0, 0.05) is 19.3 Å². The lowest BCUT2D eigenvalue weighted by Gasteiger charge is -2.18. The Hall–Kier alpha value is -2.63. The molecule has 6 heteroatoms. The van der Waals surface area contributed by atoms with Crippen molar-refractivity contribution in [2.45, 2.75) is 232 Å². The van der Waals surface area contributed by atoms with Gasteiger partial charge in [0.05, 0.1) is 0 Å². The molecule has 0 heterocycles. The van der Waals surface area contributed by atoms with Crippen LogP contribution in [0.4, 0.5) is 0 Å². The Morgan fingerprint density at radius 2 is 0.745 bits per heavy atom. The lowest BCUT2D eigenvalue weighted by Crippen LogP contribution is -2.30. The number of ether oxygens (including phenoxy) is 3. The lowest BCUT2D eigenvalue weighted by molar-refractivity contribution is -0.167. The Morgan fingerprint density at radius 3 is 1.20 bits per heavy atom. The largest absolute Gasteiger partial charge is 0.462 e. The quantitative estimate of drug-likeness (QED) is 0.0267. The average molecular weight is 771 g/mol. The van der Waals surface area contributed by atoms with E-state index in [9.17, 15) is 14.4 Å². The highest BCUT2D eigenvalue weighted by Crippen LogP contribution is 2.14. The second-order valence-corrected chi connectivity index (χ2v) is 15.3. The van der Waals surface area contributed by atoms with Crippen LogP contribution < -0.4 is 0 Å². The molecule has 0 aromatic carbocycles. The summed E-state index contributed by atoms with van der Waals surface area (Å²) in [6.45, 7) is 6.43. The van der Waals surface area contributed by atoms with Crippen LogP contribution in [0, 0.1) is 0 Å². The van der Waals surface area contributed by atoms with E-state index >= 15 is 0 Å². The molecule has 0 N–H and O–H groups in total. The van der Waals surface area contributed by atoms with E-state index < -0.39 is 6.10 Å². The molecular formula is C49H86O6. The van der Waals surface area contributed by atoms with Crippen LogP contribution in [0.5, 0.6) is 0 Å². The molecule has 0 saturated carbocycles. The molecule has 0 fully saturated rings. The van der Waals surface area contributed by atoms with Crippen LogP contribution in [0.25, 0.3) is 0 Å². The van der Waals surface area contributed by atoms with Gasteiger partial charge in [0.15, 0.2) is 6.10 Å². The summed E-state index contributed by atoms with van der Waals surface area (Å²) >= 11 is 0. The van der Waals surface area contributed by atoms with Crippen LogP contribution in [0.3, 0.4) is 0 Å². The van der Waals surface area contributed by atoms with Crippen molar-refractivity contribution in [2.75, 3.05) is 13.2 Å². The smallest absolute Gasteiger partial charge is 0.306 e. The van der Waals surface area contributed by atoms with E-state index in [4.69, 9.17) is 14.2 Å². The normalized spacial score (nSPS) is 12.4. The highest BCUT2D eigenvalue weighted by atomic mass is 16.6. The molecule has 1 atom stereocenters. The van der Waals surface area contributed by atoms with Crippen molar-refractivity contribution in [1.29, 1.82) is 0 Å². The van der Waals surface area contributed by atoms with E-state index in [-0.39, 0.29) is 31.1 Å². The molecule has 0 aromatic rings. The molecule has 0 radical (unpaired) electrons. The molecule has 1 unspecified atom stereocenters. The first kappa shape index (κ1) is 52.4. The summed E-state index contributed by atoms with van der Waals surface area (Å²) in [6.07, 6.45) is 50.9. The molecule has 6 nitrogen and oxygen atoms in total. The van der Waals surface area contributed by atoms with Crippen molar-refractivity contribution in [3.63, 3.8) is 0 Å². The van der Waals surface area contributed by atoms with E-state index in [2.05, 4.69) is 69.4 Å². The Morgan fingerprint density at radius 1 is 0.382 bits per heavy atom. The van der Waals surface area contributed by atoms with E-state index in [1.54, 1.807) is 0 Å². The van der Waals surface area contributed by atoms with Gasteiger partial charge in [0.25, 0.3) is 0 Å². The van der Waals surface area contributed by atoms with Crippen molar-refractivity contribution >= 4 is 17.9 Å². The molecule has 0 spiro atoms. The van der Waals surface area contributed by atoms with Gasteiger partial charge >= 0.3 is 17.9 Å². The number of unbranched alkanes of at least 4 members (excludes halogenated alkanes) is 22. The molecule has 0 amide bonds. The first-order valence-electron chi connectivity index (χ1n) is 23.1. The molecule has 0 aliphatic carbocycles. The van der Waals surface area contributed by atoms with Gasteiger partial charge in [-0.2, -0.15) is 0 Å². The second-order valence-electron chi connectivity index (χ2n) is 15.3. The van der Waals surface area contributed by atoms with Crippen molar-refractivity contribution in [3.05, 3.63) is 48.6 Å². The summed E-state index contributed by atoms with van der Waals surface area (Å²) in [6, 6.07) is 0. The lowest BCUT2D eigenvalue weighted by atomic mass is 10.0. The van der Waals surface area contributed by atoms with Crippen molar-refractivity contribution in [3.8, 4) is 0 Å². The highest BCUT2D eigenvalue weighted by molar-refractivity contribution is 5.71. The zero-order valence-electron chi connectivity index (χ0n) is 36.2. The standard InChI is InChI=1S/C49H86O6/c1-4-7-10-13-16-19-22-24-25-26-28-30-33-36-39-42-48(51)54-45-46(44-53-47(50)41-38-35-32-29-21-18-15-12-9-6-3)55-49(52)43-40-37-34-31-27-23-20-17-14-11-8-5-2/h7,10,12,15-16,19,24-25,46H,4-6,8-9,11,13-14,17-18,20-23,26-45H2,1-3H3/b10-7-,15-12-,19-16-,25-24-. The Bertz CT molecular complexity index is 980. The molecule has 0 aromatic heterocycles. The molecular weight excluding hydrogens is 685 g/mol. The maximum Gasteiger partial charge on any atom is 0.306 e. The van der Waals surface area contributed by atoms with E-state index in [1.807, 2.05) is 0 Å². The van der Waals surface area contributed by atoms with E-state index in [0.717, 1.165) is 109 Å². The maximum atomic E-state index is 12.7. The summed E-state index contributed by atoms with van der Waals surface area (Å²) in [7, 11) is 0. The van der Waals surface area contributed by atoms with Gasteiger partial charge in [-0.1, -0.05) is 185 Å². The fourth-order valence-corrected chi connectivity index (χ4v) is 6.34. The summed E-state index contributed by atoms with van der Waals surface area (Å²) in [4.78, 5) is 37.7. The number of rotatable bonds is 41. The SMILES string of the molecule is CC/C=C\C/C=C\C/C=C\CCCCCCCC(=O)OCC(COC(=O)CCCCCCC/C=C\CCC)OC(=O)CCCCCCCCCCCCCC. The Balaban J connectivity index is 4.38. The van der Waals surface area contributed by atoms with Crippen LogP contribution >= 0.6 is 0 Å². The van der Waals surface area contributed by atoms with Gasteiger partial charge in [0.1, 0.15) is 13.2 Å². The van der Waals surface area contributed by atoms with Gasteiger partial charge in [-0.05, 0) is 70.6 Å². The minimum atomic E-state index is -0.778. The first-order valence-corrected chi connectivity index (χ1v) is 23.1. The van der Waals surface area contributed by atoms with Gasteiger partial charge in [-0.15, -0.1) is 0 Å². The van der Waals surface area contributed by atoms with Crippen molar-refractivity contribution in [2.24, 2.45) is 0 Å². The first-order chi connectivity index (χ1) is 27.0. The monoisotopic (exact) mass is 771 g/mol. The van der Waals surface area contributed by atoms with Gasteiger partial charge < -0.3 is 14.2 Å². The molecule has 0 aliphatic heterocycles. The summed E-state index contributed by atoms with van der Waals surface area (Å²) in [5, 5.41) is 0. The zero-order valence-corrected chi connectivity index (χ0v) is 36.2. The van der Waals surface area contributed by atoms with Crippen LogP contribution in [0.15, 0.2) is 48.6 Å². The third kappa shape index (κ3) is 42.4. The third-order valence-electron chi connectivity index (χ3n) is 9.80. The number of allylic oxidation sites excluding steroid dienone is 8. The van der Waals surface area contributed by atoms with Crippen molar-refractivity contribution in [1.82, 2.24) is 0 Å². The molecule has 318 valence electrons. The second kappa shape index (κ2) is 44.1. The molecule has 55 heavy (non-hydrogen) atoms. The molecule has 0 saturated heterocycles. The number of carbonyl (C=O) groups excluding carboxylic acids is 3. The summed E-state index contributed by atoms with van der Waals surface area (Å²) in [5.41, 5.74) is 0. The molecule has 0 aliphatic rings. The predicted molar refractivity (Wildman–Crippen MR) is 233 cm³/mol. The average Bonchev–Trinajstić information content (AvgIpc) is 3.18.